The van der Waals surface area contributed by atoms with Gasteiger partial charge in [-0.15, -0.1) is 0 Å². The standard InChI is InChI=1S/C20H43NO/c1-3-5-7-9-11-12-14-16-18-19(20(21)22)17-15-13-10-8-6-4-2/h19-20,22H,3-18,21H2,1-2H3. The molecule has 0 bridgehead atoms. The van der Waals surface area contributed by atoms with Gasteiger partial charge in [0, 0.05) is 0 Å². The Labute approximate surface area is 140 Å². The maximum absolute atomic E-state index is 9.73. The van der Waals surface area contributed by atoms with Gasteiger partial charge in [-0.05, 0) is 18.8 Å². The van der Waals surface area contributed by atoms with Gasteiger partial charge in [-0.3, -0.25) is 0 Å². The number of nitrogens with two attached hydrogens (primary N) is 1. The monoisotopic (exact) mass is 313 g/mol. The molecule has 2 heteroatoms. The molecule has 0 amide bonds. The molecular weight excluding hydrogens is 270 g/mol. The van der Waals surface area contributed by atoms with Gasteiger partial charge in [-0.1, -0.05) is 104 Å². The van der Waals surface area contributed by atoms with E-state index in [9.17, 15) is 5.11 Å². The van der Waals surface area contributed by atoms with E-state index in [1.54, 1.807) is 0 Å². The Hall–Kier alpha value is -0.0800. The molecule has 0 rings (SSSR count). The van der Waals surface area contributed by atoms with E-state index >= 15 is 0 Å². The number of hydrogen-bond donors (Lipinski definition) is 2. The fraction of sp³-hybridized carbons (Fsp3) is 1.00. The van der Waals surface area contributed by atoms with Crippen molar-refractivity contribution in [3.63, 3.8) is 0 Å². The van der Waals surface area contributed by atoms with Crippen molar-refractivity contribution in [1.29, 1.82) is 0 Å². The normalized spacial score (nSPS) is 14.2. The molecule has 0 fully saturated rings. The lowest BCUT2D eigenvalue weighted by Gasteiger charge is -2.19. The number of unbranched alkanes of at least 4 members (excludes halogenated alkanes) is 12. The van der Waals surface area contributed by atoms with Crippen LogP contribution in [0.3, 0.4) is 0 Å². The zero-order valence-electron chi connectivity index (χ0n) is 15.5. The Kier molecular flexibility index (Phi) is 17.2. The van der Waals surface area contributed by atoms with Gasteiger partial charge in [-0.2, -0.15) is 0 Å². The van der Waals surface area contributed by atoms with Crippen LogP contribution in [0, 0.1) is 5.92 Å². The van der Waals surface area contributed by atoms with Crippen LogP contribution in [0.15, 0.2) is 0 Å². The van der Waals surface area contributed by atoms with Crippen LogP contribution in [0.4, 0.5) is 0 Å². The van der Waals surface area contributed by atoms with Gasteiger partial charge in [0.15, 0.2) is 0 Å². The molecule has 0 aromatic heterocycles. The van der Waals surface area contributed by atoms with Crippen LogP contribution < -0.4 is 5.73 Å². The van der Waals surface area contributed by atoms with Crippen molar-refractivity contribution in [1.82, 2.24) is 0 Å². The van der Waals surface area contributed by atoms with Crippen LogP contribution in [-0.2, 0) is 0 Å². The quantitative estimate of drug-likeness (QED) is 0.249. The molecule has 2 unspecified atom stereocenters. The molecule has 2 nitrogen and oxygen atoms in total. The highest BCUT2D eigenvalue weighted by Gasteiger charge is 2.14. The molecule has 0 aliphatic heterocycles. The number of rotatable bonds is 17. The predicted octanol–water partition coefficient (Wildman–Crippen LogP) is 6.16. The Balaban J connectivity index is 3.48. The summed E-state index contributed by atoms with van der Waals surface area (Å²) in [6.45, 7) is 4.52. The number of aliphatic hydroxyl groups is 1. The Morgan fingerprint density at radius 3 is 1.23 bits per heavy atom. The summed E-state index contributed by atoms with van der Waals surface area (Å²) in [5.74, 6) is 0.325. The highest BCUT2D eigenvalue weighted by molar-refractivity contribution is 4.65. The summed E-state index contributed by atoms with van der Waals surface area (Å²) in [7, 11) is 0. The van der Waals surface area contributed by atoms with Gasteiger partial charge in [0.2, 0.25) is 0 Å². The summed E-state index contributed by atoms with van der Waals surface area (Å²) < 4.78 is 0. The Morgan fingerprint density at radius 2 is 0.909 bits per heavy atom. The molecule has 0 aromatic carbocycles. The zero-order chi connectivity index (χ0) is 16.5. The van der Waals surface area contributed by atoms with Crippen molar-refractivity contribution < 1.29 is 5.11 Å². The SMILES string of the molecule is CCCCCCCCCCC(CCCCCCCC)C(N)O. The van der Waals surface area contributed by atoms with E-state index in [1.807, 2.05) is 0 Å². The average molecular weight is 314 g/mol. The molecular formula is C20H43NO. The largest absolute Gasteiger partial charge is 0.379 e. The molecule has 0 spiro atoms. The van der Waals surface area contributed by atoms with E-state index in [2.05, 4.69) is 13.8 Å². The second-order valence-corrected chi connectivity index (χ2v) is 7.07. The van der Waals surface area contributed by atoms with Gasteiger partial charge in [-0.25, -0.2) is 0 Å². The number of aliphatic hydroxyl groups excluding tert-OH is 1. The van der Waals surface area contributed by atoms with Crippen molar-refractivity contribution in [2.75, 3.05) is 0 Å². The highest BCUT2D eigenvalue weighted by atomic mass is 16.3. The molecule has 3 N–H and O–H groups in total. The van der Waals surface area contributed by atoms with Gasteiger partial charge >= 0.3 is 0 Å². The van der Waals surface area contributed by atoms with Crippen LogP contribution >= 0.6 is 0 Å². The molecule has 0 aliphatic carbocycles. The maximum Gasteiger partial charge on any atom is 0.105 e. The van der Waals surface area contributed by atoms with E-state index in [-0.39, 0.29) is 0 Å². The Bertz CT molecular complexity index is 206. The van der Waals surface area contributed by atoms with Crippen LogP contribution in [0.1, 0.15) is 117 Å². The first-order valence-electron chi connectivity index (χ1n) is 10.2. The molecule has 134 valence electrons. The molecule has 0 aliphatic rings. The van der Waals surface area contributed by atoms with E-state index < -0.39 is 6.23 Å². The van der Waals surface area contributed by atoms with Crippen molar-refractivity contribution in [2.24, 2.45) is 11.7 Å². The van der Waals surface area contributed by atoms with Crippen molar-refractivity contribution in [3.05, 3.63) is 0 Å². The summed E-state index contributed by atoms with van der Waals surface area (Å²) in [5, 5.41) is 9.73. The second-order valence-electron chi connectivity index (χ2n) is 7.07. The highest BCUT2D eigenvalue weighted by Crippen LogP contribution is 2.20. The molecule has 0 heterocycles. The van der Waals surface area contributed by atoms with Crippen LogP contribution in [-0.4, -0.2) is 11.3 Å². The molecule has 22 heavy (non-hydrogen) atoms. The van der Waals surface area contributed by atoms with Gasteiger partial charge in [0.25, 0.3) is 0 Å². The lowest BCUT2D eigenvalue weighted by molar-refractivity contribution is 0.0997. The third-order valence-electron chi connectivity index (χ3n) is 4.84. The third kappa shape index (κ3) is 14.8. The topological polar surface area (TPSA) is 46.2 Å². The minimum atomic E-state index is -0.611. The maximum atomic E-state index is 9.73. The fourth-order valence-electron chi connectivity index (χ4n) is 3.21. The van der Waals surface area contributed by atoms with Crippen LogP contribution in [0.2, 0.25) is 0 Å². The summed E-state index contributed by atoms with van der Waals surface area (Å²) in [4.78, 5) is 0. The summed E-state index contributed by atoms with van der Waals surface area (Å²) in [6.07, 6.45) is 20.3. The molecule has 0 radical (unpaired) electrons. The Morgan fingerprint density at radius 1 is 0.591 bits per heavy atom. The van der Waals surface area contributed by atoms with Crippen LogP contribution in [0.5, 0.6) is 0 Å². The second kappa shape index (κ2) is 17.3. The lowest BCUT2D eigenvalue weighted by Crippen LogP contribution is -2.29. The van der Waals surface area contributed by atoms with E-state index in [1.165, 1.54) is 89.9 Å². The zero-order valence-corrected chi connectivity index (χ0v) is 15.5. The van der Waals surface area contributed by atoms with Gasteiger partial charge < -0.3 is 10.8 Å². The average Bonchev–Trinajstić information content (AvgIpc) is 2.50. The van der Waals surface area contributed by atoms with Crippen molar-refractivity contribution in [3.8, 4) is 0 Å². The summed E-state index contributed by atoms with van der Waals surface area (Å²) in [5.41, 5.74) is 5.75. The van der Waals surface area contributed by atoms with Crippen molar-refractivity contribution in [2.45, 2.75) is 123 Å². The van der Waals surface area contributed by atoms with E-state index in [0.717, 1.165) is 12.8 Å². The first kappa shape index (κ1) is 21.9. The first-order valence-corrected chi connectivity index (χ1v) is 10.2. The molecule has 0 saturated heterocycles. The third-order valence-corrected chi connectivity index (χ3v) is 4.84. The van der Waals surface area contributed by atoms with E-state index in [4.69, 9.17) is 5.73 Å². The first-order chi connectivity index (χ1) is 10.7. The summed E-state index contributed by atoms with van der Waals surface area (Å²) in [6, 6.07) is 0. The van der Waals surface area contributed by atoms with Gasteiger partial charge in [0.05, 0.1) is 0 Å². The fourth-order valence-corrected chi connectivity index (χ4v) is 3.21. The number of hydrogen-bond acceptors (Lipinski definition) is 2. The minimum Gasteiger partial charge on any atom is -0.379 e. The smallest absolute Gasteiger partial charge is 0.105 e. The van der Waals surface area contributed by atoms with Gasteiger partial charge in [0.1, 0.15) is 6.23 Å². The molecule has 0 saturated carbocycles. The molecule has 2 atom stereocenters. The minimum absolute atomic E-state index is 0.325. The predicted molar refractivity (Wildman–Crippen MR) is 98.9 cm³/mol. The summed E-state index contributed by atoms with van der Waals surface area (Å²) >= 11 is 0. The van der Waals surface area contributed by atoms with Crippen molar-refractivity contribution >= 4 is 0 Å². The van der Waals surface area contributed by atoms with Crippen LogP contribution in [0.25, 0.3) is 0 Å². The molecule has 0 aromatic rings. The van der Waals surface area contributed by atoms with E-state index in [0.29, 0.717) is 5.92 Å². The lowest BCUT2D eigenvalue weighted by atomic mass is 9.93.